The molecule has 0 aromatic heterocycles. The average Bonchev–Trinajstić information content (AvgIpc) is 2.60. The van der Waals surface area contributed by atoms with Crippen molar-refractivity contribution in [3.05, 3.63) is 29.3 Å². The number of benzene rings is 1. The number of hydrogen-bond acceptors (Lipinski definition) is 3. The minimum atomic E-state index is -0.382. The fourth-order valence-corrected chi connectivity index (χ4v) is 2.25. The van der Waals surface area contributed by atoms with Crippen LogP contribution < -0.4 is 11.1 Å². The fourth-order valence-electron chi connectivity index (χ4n) is 2.25. The molecule has 0 saturated carbocycles. The van der Waals surface area contributed by atoms with Gasteiger partial charge >= 0.3 is 0 Å². The fraction of sp³-hybridized carbons (Fsp3) is 0.500. The first-order chi connectivity index (χ1) is 8.66. The molecule has 2 rings (SSSR count). The van der Waals surface area contributed by atoms with Crippen molar-refractivity contribution in [3.63, 3.8) is 0 Å². The molecule has 4 nitrogen and oxygen atoms in total. The van der Waals surface area contributed by atoms with Crippen LogP contribution >= 0.6 is 0 Å². The van der Waals surface area contributed by atoms with E-state index in [4.69, 9.17) is 10.5 Å². The lowest BCUT2D eigenvalue weighted by Crippen LogP contribution is -2.20. The summed E-state index contributed by atoms with van der Waals surface area (Å²) in [6.45, 7) is 3.66. The Balaban J connectivity index is 2.06. The molecule has 1 aromatic carbocycles. The van der Waals surface area contributed by atoms with Crippen molar-refractivity contribution in [2.75, 3.05) is 18.5 Å². The smallest absolute Gasteiger partial charge is 0.248 e. The maximum atomic E-state index is 11.1. The van der Waals surface area contributed by atoms with Gasteiger partial charge in [0.05, 0.1) is 0 Å². The Hall–Kier alpha value is -1.55. The van der Waals surface area contributed by atoms with E-state index in [9.17, 15) is 4.79 Å². The summed E-state index contributed by atoms with van der Waals surface area (Å²) in [5.74, 6) is -0.382. The van der Waals surface area contributed by atoms with Crippen LogP contribution in [0.2, 0.25) is 0 Å². The number of hydrogen-bond donors (Lipinski definition) is 2. The molecule has 1 saturated heterocycles. The van der Waals surface area contributed by atoms with Gasteiger partial charge in [-0.3, -0.25) is 4.79 Å². The topological polar surface area (TPSA) is 64.4 Å². The quantitative estimate of drug-likeness (QED) is 0.860. The molecule has 4 heteroatoms. The van der Waals surface area contributed by atoms with Gasteiger partial charge in [0, 0.05) is 30.5 Å². The normalized spacial score (nSPS) is 20.2. The van der Waals surface area contributed by atoms with Crippen LogP contribution in [0.15, 0.2) is 18.2 Å². The Labute approximate surface area is 108 Å². The van der Waals surface area contributed by atoms with E-state index in [0.29, 0.717) is 11.6 Å². The molecule has 1 amide bonds. The minimum absolute atomic E-state index is 0.382. The van der Waals surface area contributed by atoms with Crippen molar-refractivity contribution in [1.82, 2.24) is 0 Å². The number of carbonyl (C=O) groups is 1. The predicted molar refractivity (Wildman–Crippen MR) is 71.8 cm³/mol. The number of ether oxygens (including phenoxy) is 1. The second-order valence-electron chi connectivity index (χ2n) is 4.78. The van der Waals surface area contributed by atoms with E-state index >= 15 is 0 Å². The summed E-state index contributed by atoms with van der Waals surface area (Å²) in [4.78, 5) is 11.1. The van der Waals surface area contributed by atoms with Crippen LogP contribution in [-0.4, -0.2) is 25.2 Å². The Morgan fingerprint density at radius 2 is 2.22 bits per heavy atom. The van der Waals surface area contributed by atoms with Gasteiger partial charge in [-0.25, -0.2) is 0 Å². The monoisotopic (exact) mass is 248 g/mol. The zero-order valence-electron chi connectivity index (χ0n) is 10.7. The number of amides is 1. The van der Waals surface area contributed by atoms with E-state index in [2.05, 4.69) is 5.32 Å². The van der Waals surface area contributed by atoms with E-state index in [1.165, 1.54) is 0 Å². The van der Waals surface area contributed by atoms with Crippen molar-refractivity contribution in [3.8, 4) is 0 Å². The number of carbonyl (C=O) groups excluding carboxylic acids is 1. The lowest BCUT2D eigenvalue weighted by Gasteiger charge is -2.19. The molecule has 1 fully saturated rings. The first kappa shape index (κ1) is 12.9. The van der Waals surface area contributed by atoms with Gasteiger partial charge in [-0.1, -0.05) is 0 Å². The highest BCUT2D eigenvalue weighted by Crippen LogP contribution is 2.20. The first-order valence-electron chi connectivity index (χ1n) is 6.41. The number of nitrogens with one attached hydrogen (secondary N) is 1. The number of rotatable bonds is 3. The number of nitrogens with two attached hydrogens (primary N) is 1. The lowest BCUT2D eigenvalue weighted by atomic mass is 10.1. The molecular formula is C14H20N2O2. The van der Waals surface area contributed by atoms with Gasteiger partial charge in [-0.15, -0.1) is 0 Å². The molecule has 1 aromatic rings. The molecule has 1 atom stereocenters. The molecule has 18 heavy (non-hydrogen) atoms. The Kier molecular flexibility index (Phi) is 4.20. The largest absolute Gasteiger partial charge is 0.382 e. The predicted octanol–water partition coefficient (Wildman–Crippen LogP) is 2.07. The van der Waals surface area contributed by atoms with E-state index in [0.717, 1.165) is 43.7 Å². The van der Waals surface area contributed by atoms with Crippen molar-refractivity contribution in [2.45, 2.75) is 32.2 Å². The van der Waals surface area contributed by atoms with E-state index in [1.54, 1.807) is 6.07 Å². The van der Waals surface area contributed by atoms with Crippen LogP contribution in [0.5, 0.6) is 0 Å². The molecule has 1 aliphatic rings. The van der Waals surface area contributed by atoms with Gasteiger partial charge in [-0.2, -0.15) is 0 Å². The molecule has 0 aliphatic carbocycles. The van der Waals surface area contributed by atoms with E-state index in [1.807, 2.05) is 19.1 Å². The summed E-state index contributed by atoms with van der Waals surface area (Å²) in [5.41, 5.74) is 7.95. The molecule has 0 bridgehead atoms. The van der Waals surface area contributed by atoms with Gasteiger partial charge in [0.15, 0.2) is 0 Å². The second-order valence-corrected chi connectivity index (χ2v) is 4.78. The van der Waals surface area contributed by atoms with Crippen LogP contribution in [0.1, 0.15) is 35.2 Å². The maximum absolute atomic E-state index is 11.1. The Bertz CT molecular complexity index is 424. The van der Waals surface area contributed by atoms with Crippen LogP contribution in [0.3, 0.4) is 0 Å². The molecule has 0 radical (unpaired) electrons. The average molecular weight is 248 g/mol. The highest BCUT2D eigenvalue weighted by molar-refractivity contribution is 5.93. The number of anilines is 1. The molecule has 0 spiro atoms. The lowest BCUT2D eigenvalue weighted by molar-refractivity contribution is 0.1000. The highest BCUT2D eigenvalue weighted by Gasteiger charge is 2.13. The molecule has 98 valence electrons. The zero-order valence-corrected chi connectivity index (χ0v) is 10.7. The van der Waals surface area contributed by atoms with Crippen LogP contribution in [-0.2, 0) is 4.74 Å². The second kappa shape index (κ2) is 5.87. The summed E-state index contributed by atoms with van der Waals surface area (Å²) < 4.78 is 5.44. The van der Waals surface area contributed by atoms with Crippen molar-refractivity contribution in [1.29, 1.82) is 0 Å². The van der Waals surface area contributed by atoms with Crippen LogP contribution in [0.4, 0.5) is 5.69 Å². The SMILES string of the molecule is Cc1cc(C(N)=O)ccc1NC1CCCOCC1. The van der Waals surface area contributed by atoms with Crippen molar-refractivity contribution < 1.29 is 9.53 Å². The Morgan fingerprint density at radius 3 is 2.94 bits per heavy atom. The summed E-state index contributed by atoms with van der Waals surface area (Å²) in [5, 5.41) is 3.52. The standard InChI is InChI=1S/C14H20N2O2/c1-10-9-11(14(15)17)4-5-13(10)16-12-3-2-7-18-8-6-12/h4-5,9,12,16H,2-3,6-8H2,1H3,(H2,15,17). The number of primary amides is 1. The highest BCUT2D eigenvalue weighted by atomic mass is 16.5. The summed E-state index contributed by atoms with van der Waals surface area (Å²) in [6.07, 6.45) is 3.24. The number of aryl methyl sites for hydroxylation is 1. The third-order valence-electron chi connectivity index (χ3n) is 3.32. The van der Waals surface area contributed by atoms with Crippen molar-refractivity contribution in [2.24, 2.45) is 5.73 Å². The molecule has 3 N–H and O–H groups in total. The van der Waals surface area contributed by atoms with Gasteiger partial charge in [0.2, 0.25) is 5.91 Å². The molecule has 1 aliphatic heterocycles. The van der Waals surface area contributed by atoms with Crippen LogP contribution in [0.25, 0.3) is 0 Å². The molecule has 1 unspecified atom stereocenters. The maximum Gasteiger partial charge on any atom is 0.248 e. The summed E-state index contributed by atoms with van der Waals surface area (Å²) in [6, 6.07) is 5.98. The molecular weight excluding hydrogens is 228 g/mol. The Morgan fingerprint density at radius 1 is 1.39 bits per heavy atom. The van der Waals surface area contributed by atoms with Crippen LogP contribution in [0, 0.1) is 6.92 Å². The van der Waals surface area contributed by atoms with Gasteiger partial charge in [0.25, 0.3) is 0 Å². The minimum Gasteiger partial charge on any atom is -0.382 e. The third-order valence-corrected chi connectivity index (χ3v) is 3.32. The van der Waals surface area contributed by atoms with Gasteiger partial charge in [0.1, 0.15) is 0 Å². The zero-order chi connectivity index (χ0) is 13.0. The summed E-state index contributed by atoms with van der Waals surface area (Å²) >= 11 is 0. The van der Waals surface area contributed by atoms with Crippen molar-refractivity contribution >= 4 is 11.6 Å². The van der Waals surface area contributed by atoms with Gasteiger partial charge < -0.3 is 15.8 Å². The summed E-state index contributed by atoms with van der Waals surface area (Å²) in [7, 11) is 0. The van der Waals surface area contributed by atoms with E-state index < -0.39 is 0 Å². The van der Waals surface area contributed by atoms with Gasteiger partial charge in [-0.05, 0) is 49.9 Å². The molecule has 1 heterocycles. The third kappa shape index (κ3) is 3.23. The van der Waals surface area contributed by atoms with E-state index in [-0.39, 0.29) is 5.91 Å². The first-order valence-corrected chi connectivity index (χ1v) is 6.41.